The number of ether oxygens (including phenoxy) is 1. The van der Waals surface area contributed by atoms with Crippen LogP contribution in [-0.2, 0) is 28.9 Å². The molecule has 0 bridgehead atoms. The van der Waals surface area contributed by atoms with Crippen LogP contribution >= 0.6 is 11.3 Å². The summed E-state index contributed by atoms with van der Waals surface area (Å²) in [6.07, 6.45) is 0.0825. The van der Waals surface area contributed by atoms with Gasteiger partial charge in [-0.15, -0.1) is 11.3 Å². The highest BCUT2D eigenvalue weighted by molar-refractivity contribution is 7.09. The molecule has 2 heterocycles. The van der Waals surface area contributed by atoms with Gasteiger partial charge in [-0.05, 0) is 64.0 Å². The zero-order valence-corrected chi connectivity index (χ0v) is 29.8. The van der Waals surface area contributed by atoms with Crippen molar-refractivity contribution < 1.29 is 24.2 Å². The smallest absolute Gasteiger partial charge is 0.407 e. The predicted molar refractivity (Wildman–Crippen MR) is 189 cm³/mol. The predicted octanol–water partition coefficient (Wildman–Crippen LogP) is 5.72. The zero-order valence-electron chi connectivity index (χ0n) is 29.0. The maximum Gasteiger partial charge on any atom is 0.407 e. The van der Waals surface area contributed by atoms with Gasteiger partial charge in [0.05, 0.1) is 29.4 Å². The third kappa shape index (κ3) is 10.8. The van der Waals surface area contributed by atoms with E-state index in [-0.39, 0.29) is 24.3 Å². The van der Waals surface area contributed by atoms with Crippen LogP contribution in [0.3, 0.4) is 0 Å². The molecule has 1 saturated heterocycles. The van der Waals surface area contributed by atoms with Crippen LogP contribution in [0.5, 0.6) is 0 Å². The monoisotopic (exact) mass is 677 g/mol. The van der Waals surface area contributed by atoms with E-state index in [1.165, 1.54) is 0 Å². The molecule has 1 fully saturated rings. The number of urea groups is 1. The molecule has 5 atom stereocenters. The van der Waals surface area contributed by atoms with Crippen LogP contribution in [0.1, 0.15) is 69.3 Å². The quantitative estimate of drug-likeness (QED) is 0.189. The van der Waals surface area contributed by atoms with Crippen LogP contribution in [0, 0.1) is 12.8 Å². The van der Waals surface area contributed by atoms with E-state index in [1.807, 2.05) is 86.8 Å². The number of benzene rings is 2. The molecular formula is C37H51N5O5S. The molecule has 2 aromatic carbocycles. The standard InChI is InChI=1S/C37H51N5O5S/c1-7-25(2)33(42-19-18-41(36(42)46)23-30-24-48-26(3)38-30)34(44)39-29(20-27-14-10-8-11-15-27)22-32(43)31(21-28-16-12-9-13-17-28)40-35(45)47-37(4,5)6/h8-17,24-25,29,31-33,43H,7,18-23H2,1-6H3,(H,39,44)(H,40,45)/t25-,29-,31-,32-,33-/m0/s1. The van der Waals surface area contributed by atoms with Gasteiger partial charge in [0.15, 0.2) is 0 Å². The first-order valence-corrected chi connectivity index (χ1v) is 17.7. The van der Waals surface area contributed by atoms with Crippen molar-refractivity contribution in [3.8, 4) is 0 Å². The molecule has 11 heteroatoms. The van der Waals surface area contributed by atoms with E-state index in [0.29, 0.717) is 38.9 Å². The van der Waals surface area contributed by atoms with Crippen LogP contribution < -0.4 is 10.6 Å². The van der Waals surface area contributed by atoms with Crippen molar-refractivity contribution in [2.45, 2.75) is 104 Å². The summed E-state index contributed by atoms with van der Waals surface area (Å²) in [7, 11) is 0. The lowest BCUT2D eigenvalue weighted by Gasteiger charge is -2.34. The lowest BCUT2D eigenvalue weighted by Crippen LogP contribution is -2.55. The highest BCUT2D eigenvalue weighted by Crippen LogP contribution is 2.24. The molecular weight excluding hydrogens is 627 g/mol. The molecule has 1 aliphatic heterocycles. The third-order valence-electron chi connectivity index (χ3n) is 8.60. The second kappa shape index (κ2) is 16.9. The number of aromatic nitrogens is 1. The summed E-state index contributed by atoms with van der Waals surface area (Å²) >= 11 is 1.55. The fraction of sp³-hybridized carbons (Fsp3) is 0.514. The van der Waals surface area contributed by atoms with Crippen molar-refractivity contribution in [3.63, 3.8) is 0 Å². The van der Waals surface area contributed by atoms with Crippen molar-refractivity contribution in [2.75, 3.05) is 13.1 Å². The van der Waals surface area contributed by atoms with Gasteiger partial charge in [0, 0.05) is 24.5 Å². The first-order chi connectivity index (χ1) is 22.8. The summed E-state index contributed by atoms with van der Waals surface area (Å²) in [4.78, 5) is 48.7. The molecule has 1 aliphatic rings. The zero-order chi connectivity index (χ0) is 34.8. The summed E-state index contributed by atoms with van der Waals surface area (Å²) in [5.41, 5.74) is 2.09. The van der Waals surface area contributed by atoms with Crippen molar-refractivity contribution in [1.82, 2.24) is 25.4 Å². The third-order valence-corrected chi connectivity index (χ3v) is 9.42. The van der Waals surface area contributed by atoms with E-state index in [2.05, 4.69) is 15.6 Å². The van der Waals surface area contributed by atoms with Gasteiger partial charge in [0.1, 0.15) is 11.6 Å². The molecule has 260 valence electrons. The SMILES string of the molecule is CC[C@H](C)[C@@H](C(=O)N[C@@H](Cc1ccccc1)C[C@H](O)[C@H](Cc1ccccc1)NC(=O)OC(C)(C)C)N1CCN(Cc2csc(C)n2)C1=O. The van der Waals surface area contributed by atoms with Gasteiger partial charge in [0.2, 0.25) is 5.91 Å². The Balaban J connectivity index is 1.54. The van der Waals surface area contributed by atoms with E-state index in [1.54, 1.807) is 41.9 Å². The van der Waals surface area contributed by atoms with Crippen LogP contribution in [0.2, 0.25) is 0 Å². The second-order valence-electron chi connectivity index (χ2n) is 13.7. The van der Waals surface area contributed by atoms with Crippen LogP contribution in [0.4, 0.5) is 9.59 Å². The van der Waals surface area contributed by atoms with Gasteiger partial charge >= 0.3 is 12.1 Å². The summed E-state index contributed by atoms with van der Waals surface area (Å²) in [5, 5.41) is 20.7. The van der Waals surface area contributed by atoms with Crippen LogP contribution in [0.15, 0.2) is 66.0 Å². The molecule has 4 amide bonds. The number of aryl methyl sites for hydroxylation is 1. The Kier molecular flexibility index (Phi) is 13.0. The summed E-state index contributed by atoms with van der Waals surface area (Å²) in [5.74, 6) is -0.353. The number of aliphatic hydroxyl groups is 1. The van der Waals surface area contributed by atoms with Crippen molar-refractivity contribution >= 4 is 29.4 Å². The first-order valence-electron chi connectivity index (χ1n) is 16.8. The Morgan fingerprint density at radius 2 is 1.62 bits per heavy atom. The molecule has 3 N–H and O–H groups in total. The molecule has 10 nitrogen and oxygen atoms in total. The normalized spacial score (nSPS) is 16.6. The fourth-order valence-electron chi connectivity index (χ4n) is 6.06. The maximum atomic E-state index is 14.2. The highest BCUT2D eigenvalue weighted by Gasteiger charge is 2.40. The molecule has 3 aromatic rings. The largest absolute Gasteiger partial charge is 0.444 e. The number of nitrogens with one attached hydrogen (secondary N) is 2. The van der Waals surface area contributed by atoms with Gasteiger partial charge < -0.3 is 30.3 Å². The van der Waals surface area contributed by atoms with Crippen molar-refractivity contribution in [2.24, 2.45) is 5.92 Å². The number of carbonyl (C=O) groups excluding carboxylic acids is 3. The molecule has 4 rings (SSSR count). The average molecular weight is 678 g/mol. The topological polar surface area (TPSA) is 124 Å². The first kappa shape index (κ1) is 36.9. The lowest BCUT2D eigenvalue weighted by atomic mass is 9.92. The van der Waals surface area contributed by atoms with Gasteiger partial charge in [0.25, 0.3) is 0 Å². The average Bonchev–Trinajstić information content (AvgIpc) is 3.61. The van der Waals surface area contributed by atoms with Gasteiger partial charge in [-0.1, -0.05) is 80.9 Å². The summed E-state index contributed by atoms with van der Waals surface area (Å²) < 4.78 is 5.53. The number of hydrogen-bond acceptors (Lipinski definition) is 7. The Morgan fingerprint density at radius 1 is 1.00 bits per heavy atom. The minimum absolute atomic E-state index is 0.0996. The second-order valence-corrected chi connectivity index (χ2v) is 14.8. The van der Waals surface area contributed by atoms with Gasteiger partial charge in [-0.25, -0.2) is 14.6 Å². The Morgan fingerprint density at radius 3 is 2.19 bits per heavy atom. The molecule has 0 unspecified atom stereocenters. The van der Waals surface area contributed by atoms with Gasteiger partial charge in [-0.3, -0.25) is 4.79 Å². The number of hydrogen-bond donors (Lipinski definition) is 3. The van der Waals surface area contributed by atoms with Crippen molar-refractivity contribution in [1.29, 1.82) is 0 Å². The summed E-state index contributed by atoms with van der Waals surface area (Å²) in [6.45, 7) is 12.7. The molecule has 0 spiro atoms. The number of alkyl carbamates (subject to hydrolysis) is 1. The molecule has 1 aromatic heterocycles. The van der Waals surface area contributed by atoms with Crippen molar-refractivity contribution in [3.05, 3.63) is 87.9 Å². The Labute approximate surface area is 288 Å². The molecule has 0 saturated carbocycles. The number of carbonyl (C=O) groups is 3. The minimum atomic E-state index is -1.01. The minimum Gasteiger partial charge on any atom is -0.444 e. The number of thiazole rings is 1. The van der Waals surface area contributed by atoms with Crippen LogP contribution in [-0.4, -0.2) is 80.8 Å². The number of aliphatic hydroxyl groups excluding tert-OH is 1. The Hall–Kier alpha value is -3.96. The summed E-state index contributed by atoms with van der Waals surface area (Å²) in [6, 6.07) is 17.4. The van der Waals surface area contributed by atoms with E-state index < -0.39 is 35.9 Å². The number of rotatable bonds is 15. The van der Waals surface area contributed by atoms with E-state index in [4.69, 9.17) is 4.74 Å². The van der Waals surface area contributed by atoms with Gasteiger partial charge in [-0.2, -0.15) is 0 Å². The molecule has 0 aliphatic carbocycles. The highest BCUT2D eigenvalue weighted by atomic mass is 32.1. The maximum absolute atomic E-state index is 14.2. The molecule has 48 heavy (non-hydrogen) atoms. The lowest BCUT2D eigenvalue weighted by molar-refractivity contribution is -0.127. The van der Waals surface area contributed by atoms with E-state index >= 15 is 0 Å². The fourth-order valence-corrected chi connectivity index (χ4v) is 6.66. The van der Waals surface area contributed by atoms with E-state index in [9.17, 15) is 19.5 Å². The van der Waals surface area contributed by atoms with Crippen LogP contribution in [0.25, 0.3) is 0 Å². The number of nitrogens with zero attached hydrogens (tertiary/aromatic N) is 3. The Bertz CT molecular complexity index is 1480. The van der Waals surface area contributed by atoms with E-state index in [0.717, 1.165) is 21.8 Å². The number of amides is 4. The molecule has 0 radical (unpaired) electrons.